The Hall–Kier alpha value is -2.05. The number of halogens is 1. The fourth-order valence-electron chi connectivity index (χ4n) is 4.68. The summed E-state index contributed by atoms with van der Waals surface area (Å²) in [6, 6.07) is 20.5. The van der Waals surface area contributed by atoms with Crippen LogP contribution in [0.5, 0.6) is 0 Å². The van der Waals surface area contributed by atoms with Gasteiger partial charge in [-0.2, -0.15) is 0 Å². The average molecular weight is 593 g/mol. The number of hydrogen-bond donors (Lipinski definition) is 2. The maximum absolute atomic E-state index is 12.3. The van der Waals surface area contributed by atoms with Crippen molar-refractivity contribution in [1.29, 1.82) is 0 Å². The topological polar surface area (TPSA) is 93.5 Å². The van der Waals surface area contributed by atoms with E-state index in [1.165, 1.54) is 10.8 Å². The zero-order valence-corrected chi connectivity index (χ0v) is 22.6. The molecule has 2 aromatic carbocycles. The minimum atomic E-state index is -2.78. The third-order valence-electron chi connectivity index (χ3n) is 6.32. The van der Waals surface area contributed by atoms with Crippen molar-refractivity contribution in [3.63, 3.8) is 0 Å². The molecule has 180 valence electrons. The lowest BCUT2D eigenvalue weighted by atomic mass is 10.2. The molecule has 1 aromatic heterocycles. The number of aliphatic hydroxyl groups is 1. The van der Waals surface area contributed by atoms with Crippen LogP contribution in [0.25, 0.3) is 0 Å². The van der Waals surface area contributed by atoms with E-state index in [-0.39, 0.29) is 18.1 Å². The van der Waals surface area contributed by atoms with Gasteiger partial charge in [-0.15, -0.1) is 0 Å². The Morgan fingerprint density at radius 3 is 2.18 bits per heavy atom. The third kappa shape index (κ3) is 4.72. The van der Waals surface area contributed by atoms with Crippen molar-refractivity contribution in [3.05, 3.63) is 91.3 Å². The van der Waals surface area contributed by atoms with Gasteiger partial charge in [-0.05, 0) is 38.0 Å². The van der Waals surface area contributed by atoms with Crippen LogP contribution in [-0.2, 0) is 9.16 Å². The molecule has 0 amide bonds. The zero-order chi connectivity index (χ0) is 24.5. The van der Waals surface area contributed by atoms with E-state index in [9.17, 15) is 14.7 Å². The minimum Gasteiger partial charge on any atom is -0.405 e. The fraction of sp³-hybridized carbons (Fsp3) is 0.360. The van der Waals surface area contributed by atoms with E-state index in [0.29, 0.717) is 3.57 Å². The van der Waals surface area contributed by atoms with Crippen molar-refractivity contribution in [2.75, 3.05) is 6.61 Å². The van der Waals surface area contributed by atoms with Crippen LogP contribution in [0.3, 0.4) is 0 Å². The molecule has 2 heterocycles. The highest BCUT2D eigenvalue weighted by Gasteiger charge is 2.51. The van der Waals surface area contributed by atoms with Crippen LogP contribution in [0.2, 0.25) is 5.04 Å². The molecule has 0 radical (unpaired) electrons. The van der Waals surface area contributed by atoms with Crippen LogP contribution in [0.15, 0.2) is 76.4 Å². The summed E-state index contributed by atoms with van der Waals surface area (Å²) in [5.41, 5.74) is -0.997. The smallest absolute Gasteiger partial charge is 0.330 e. The largest absolute Gasteiger partial charge is 0.405 e. The third-order valence-corrected chi connectivity index (χ3v) is 12.1. The molecule has 0 bridgehead atoms. The molecular formula is C25H29IN2O5Si. The highest BCUT2D eigenvalue weighted by atomic mass is 127. The van der Waals surface area contributed by atoms with Crippen molar-refractivity contribution in [3.8, 4) is 0 Å². The minimum absolute atomic E-state index is 0.181. The summed E-state index contributed by atoms with van der Waals surface area (Å²) in [7, 11) is -2.78. The number of H-pyrrole nitrogens is 1. The average Bonchev–Trinajstić information content (AvgIpc) is 3.17. The molecule has 2 N–H and O–H groups in total. The number of aromatic amines is 1. The van der Waals surface area contributed by atoms with Crippen molar-refractivity contribution >= 4 is 41.3 Å². The molecule has 1 fully saturated rings. The van der Waals surface area contributed by atoms with E-state index in [2.05, 4.69) is 50.0 Å². The number of aliphatic hydroxyl groups excluding tert-OH is 1. The summed E-state index contributed by atoms with van der Waals surface area (Å²) >= 11 is 1.87. The molecule has 0 unspecified atom stereocenters. The lowest BCUT2D eigenvalue weighted by molar-refractivity contribution is -0.0427. The monoisotopic (exact) mass is 592 g/mol. The molecule has 34 heavy (non-hydrogen) atoms. The molecule has 4 rings (SSSR count). The highest BCUT2D eigenvalue weighted by molar-refractivity contribution is 14.1. The second kappa shape index (κ2) is 9.90. The predicted molar refractivity (Wildman–Crippen MR) is 142 cm³/mol. The van der Waals surface area contributed by atoms with Gasteiger partial charge in [-0.1, -0.05) is 81.4 Å². The number of rotatable bonds is 6. The maximum atomic E-state index is 12.3. The second-order valence-electron chi connectivity index (χ2n) is 9.55. The van der Waals surface area contributed by atoms with Crippen LogP contribution < -0.4 is 21.6 Å². The van der Waals surface area contributed by atoms with Gasteiger partial charge in [0.15, 0.2) is 0 Å². The molecule has 3 atom stereocenters. The Bertz CT molecular complexity index is 1200. The van der Waals surface area contributed by atoms with Gasteiger partial charge >= 0.3 is 5.69 Å². The van der Waals surface area contributed by atoms with Crippen LogP contribution in [0.1, 0.15) is 33.4 Å². The van der Waals surface area contributed by atoms with Crippen molar-refractivity contribution in [2.24, 2.45) is 0 Å². The van der Waals surface area contributed by atoms with Gasteiger partial charge < -0.3 is 14.3 Å². The first-order valence-electron chi connectivity index (χ1n) is 11.2. The Morgan fingerprint density at radius 1 is 1.09 bits per heavy atom. The number of aromatic nitrogens is 2. The SMILES string of the molecule is CC(C)(C)[Si](OC[C@H]1O[C@@H](n2cc(I)c(=O)[nH]c2=O)C[C@@H]1O)(c1ccccc1)c1ccccc1. The van der Waals surface area contributed by atoms with E-state index in [1.54, 1.807) is 0 Å². The van der Waals surface area contributed by atoms with E-state index >= 15 is 0 Å². The van der Waals surface area contributed by atoms with Crippen molar-refractivity contribution in [2.45, 2.75) is 50.7 Å². The Balaban J connectivity index is 1.66. The molecular weight excluding hydrogens is 563 g/mol. The second-order valence-corrected chi connectivity index (χ2v) is 15.0. The van der Waals surface area contributed by atoms with Crippen LogP contribution in [0, 0.1) is 3.57 Å². The number of ether oxygens (including phenoxy) is 1. The van der Waals surface area contributed by atoms with Crippen LogP contribution in [-0.4, -0.2) is 41.8 Å². The van der Waals surface area contributed by atoms with Crippen molar-refractivity contribution < 1.29 is 14.3 Å². The van der Waals surface area contributed by atoms with Gasteiger partial charge in [0.05, 0.1) is 16.3 Å². The molecule has 9 heteroatoms. The number of nitrogens with zero attached hydrogens (tertiary/aromatic N) is 1. The normalized spacial score (nSPS) is 21.0. The zero-order valence-electron chi connectivity index (χ0n) is 19.4. The summed E-state index contributed by atoms with van der Waals surface area (Å²) in [5.74, 6) is 0. The molecule has 3 aromatic rings. The van der Waals surface area contributed by atoms with Gasteiger partial charge in [0, 0.05) is 12.6 Å². The molecule has 0 saturated carbocycles. The van der Waals surface area contributed by atoms with Gasteiger partial charge in [0.25, 0.3) is 13.9 Å². The molecule has 1 aliphatic rings. The molecule has 1 saturated heterocycles. The Morgan fingerprint density at radius 2 is 1.65 bits per heavy atom. The quantitative estimate of drug-likeness (QED) is 0.339. The first kappa shape index (κ1) is 25.1. The number of benzene rings is 2. The Labute approximate surface area is 213 Å². The van der Waals surface area contributed by atoms with Crippen molar-refractivity contribution in [1.82, 2.24) is 9.55 Å². The summed E-state index contributed by atoms with van der Waals surface area (Å²) in [4.78, 5) is 26.4. The van der Waals surface area contributed by atoms with E-state index in [1.807, 2.05) is 59.0 Å². The Kier molecular flexibility index (Phi) is 7.29. The lowest BCUT2D eigenvalue weighted by Gasteiger charge is -2.43. The van der Waals surface area contributed by atoms with Crippen LogP contribution >= 0.6 is 22.6 Å². The fourth-order valence-corrected chi connectivity index (χ4v) is 9.68. The predicted octanol–water partition coefficient (Wildman–Crippen LogP) is 2.37. The number of hydrogen-bond acceptors (Lipinski definition) is 5. The van der Waals surface area contributed by atoms with E-state index in [0.717, 1.165) is 10.4 Å². The molecule has 0 spiro atoms. The van der Waals surface area contributed by atoms with Gasteiger partial charge in [0.1, 0.15) is 12.3 Å². The number of nitrogens with one attached hydrogen (secondary N) is 1. The van der Waals surface area contributed by atoms with E-state index in [4.69, 9.17) is 9.16 Å². The van der Waals surface area contributed by atoms with Gasteiger partial charge in [-0.25, -0.2) is 4.79 Å². The lowest BCUT2D eigenvalue weighted by Crippen LogP contribution is -2.67. The maximum Gasteiger partial charge on any atom is 0.330 e. The standard InChI is InChI=1S/C25H29IN2O5Si/c1-25(2,3)34(17-10-6-4-7-11-17,18-12-8-5-9-13-18)32-16-21-20(29)14-22(33-21)28-15-19(26)23(30)27-24(28)31/h4-13,15,20-22,29H,14,16H2,1-3H3,(H,27,30,31)/t20-,21+,22+/m0/s1. The summed E-state index contributed by atoms with van der Waals surface area (Å²) in [5, 5.41) is 12.9. The molecule has 1 aliphatic heterocycles. The summed E-state index contributed by atoms with van der Waals surface area (Å²) in [6.07, 6.45) is -0.398. The molecule has 7 nitrogen and oxygen atoms in total. The summed E-state index contributed by atoms with van der Waals surface area (Å²) in [6.45, 7) is 6.75. The highest BCUT2D eigenvalue weighted by Crippen LogP contribution is 2.38. The van der Waals surface area contributed by atoms with Crippen LogP contribution in [0.4, 0.5) is 0 Å². The molecule has 0 aliphatic carbocycles. The first-order valence-corrected chi connectivity index (χ1v) is 14.2. The van der Waals surface area contributed by atoms with E-state index < -0.39 is 38.0 Å². The summed E-state index contributed by atoms with van der Waals surface area (Å²) < 4.78 is 14.7. The van der Waals surface area contributed by atoms with Gasteiger partial charge in [0.2, 0.25) is 0 Å². The van der Waals surface area contributed by atoms with Gasteiger partial charge in [-0.3, -0.25) is 14.3 Å². The first-order chi connectivity index (χ1) is 16.1.